The van der Waals surface area contributed by atoms with Gasteiger partial charge < -0.3 is 5.32 Å². The molecule has 1 aromatic carbocycles. The zero-order valence-corrected chi connectivity index (χ0v) is 8.57. The standard InChI is InChI=1S/C10H8F2N2O3/c11-6-3-4-7(14(16)17)9(12)8(6)10(15)13-5-1-2-5/h3-5H,1-2H2,(H,13,15). The molecule has 0 unspecified atom stereocenters. The molecule has 0 spiro atoms. The number of amides is 1. The van der Waals surface area contributed by atoms with Crippen molar-refractivity contribution in [3.8, 4) is 0 Å². The molecule has 0 aliphatic heterocycles. The molecule has 0 radical (unpaired) electrons. The van der Waals surface area contributed by atoms with E-state index in [0.717, 1.165) is 12.8 Å². The third-order valence-electron chi connectivity index (χ3n) is 2.41. The summed E-state index contributed by atoms with van der Waals surface area (Å²) >= 11 is 0. The van der Waals surface area contributed by atoms with Crippen molar-refractivity contribution in [2.75, 3.05) is 0 Å². The van der Waals surface area contributed by atoms with Crippen LogP contribution in [0.2, 0.25) is 0 Å². The molecule has 1 N–H and O–H groups in total. The maximum absolute atomic E-state index is 13.6. The number of benzene rings is 1. The fourth-order valence-corrected chi connectivity index (χ4v) is 1.38. The molecule has 0 saturated heterocycles. The maximum Gasteiger partial charge on any atom is 0.305 e. The highest BCUT2D eigenvalue weighted by atomic mass is 19.1. The van der Waals surface area contributed by atoms with Crippen molar-refractivity contribution in [2.24, 2.45) is 0 Å². The van der Waals surface area contributed by atoms with Crippen molar-refractivity contribution in [1.29, 1.82) is 0 Å². The largest absolute Gasteiger partial charge is 0.349 e. The highest BCUT2D eigenvalue weighted by Crippen LogP contribution is 2.25. The SMILES string of the molecule is O=C(NC1CC1)c1c(F)ccc([N+](=O)[O-])c1F. The van der Waals surface area contributed by atoms with Gasteiger partial charge in [0.15, 0.2) is 0 Å². The van der Waals surface area contributed by atoms with Gasteiger partial charge in [-0.25, -0.2) is 4.39 Å². The minimum absolute atomic E-state index is 0.0828. The number of nitro groups is 1. The van der Waals surface area contributed by atoms with Crippen LogP contribution in [0.25, 0.3) is 0 Å². The first-order chi connectivity index (χ1) is 8.00. The third-order valence-corrected chi connectivity index (χ3v) is 2.41. The van der Waals surface area contributed by atoms with Crippen molar-refractivity contribution in [1.82, 2.24) is 5.32 Å². The fraction of sp³-hybridized carbons (Fsp3) is 0.300. The topological polar surface area (TPSA) is 72.2 Å². The summed E-state index contributed by atoms with van der Waals surface area (Å²) in [5.74, 6) is -3.49. The molecule has 1 aliphatic carbocycles. The number of nitrogens with one attached hydrogen (secondary N) is 1. The molecular formula is C10H8F2N2O3. The van der Waals surface area contributed by atoms with E-state index in [0.29, 0.717) is 12.1 Å². The van der Waals surface area contributed by atoms with Gasteiger partial charge in [-0.2, -0.15) is 4.39 Å². The molecule has 1 aliphatic rings. The minimum atomic E-state index is -1.44. The van der Waals surface area contributed by atoms with Crippen LogP contribution >= 0.6 is 0 Å². The Morgan fingerprint density at radius 1 is 1.41 bits per heavy atom. The Bertz CT molecular complexity index is 501. The minimum Gasteiger partial charge on any atom is -0.349 e. The first-order valence-electron chi connectivity index (χ1n) is 4.94. The third kappa shape index (κ3) is 2.22. The Morgan fingerprint density at radius 3 is 2.59 bits per heavy atom. The summed E-state index contributed by atoms with van der Waals surface area (Å²) in [7, 11) is 0. The smallest absolute Gasteiger partial charge is 0.305 e. The summed E-state index contributed by atoms with van der Waals surface area (Å²) in [6.07, 6.45) is 1.51. The van der Waals surface area contributed by atoms with Crippen molar-refractivity contribution in [3.05, 3.63) is 39.4 Å². The fourth-order valence-electron chi connectivity index (χ4n) is 1.38. The van der Waals surface area contributed by atoms with Crippen LogP contribution < -0.4 is 5.32 Å². The van der Waals surface area contributed by atoms with Crippen LogP contribution in [-0.2, 0) is 0 Å². The lowest BCUT2D eigenvalue weighted by Gasteiger charge is -2.05. The summed E-state index contributed by atoms with van der Waals surface area (Å²) in [6.45, 7) is 0. The van der Waals surface area contributed by atoms with Gasteiger partial charge in [0.1, 0.15) is 11.4 Å². The summed E-state index contributed by atoms with van der Waals surface area (Å²) in [6, 6.07) is 1.32. The van der Waals surface area contributed by atoms with Crippen LogP contribution in [0.5, 0.6) is 0 Å². The first-order valence-corrected chi connectivity index (χ1v) is 4.94. The molecule has 0 atom stereocenters. The molecule has 0 heterocycles. The number of carbonyl (C=O) groups is 1. The molecule has 1 saturated carbocycles. The Hall–Kier alpha value is -2.05. The van der Waals surface area contributed by atoms with E-state index in [-0.39, 0.29) is 6.04 Å². The molecule has 5 nitrogen and oxygen atoms in total. The van der Waals surface area contributed by atoms with Gasteiger partial charge in [-0.1, -0.05) is 0 Å². The summed E-state index contributed by atoms with van der Waals surface area (Å²) < 4.78 is 26.9. The monoisotopic (exact) mass is 242 g/mol. The van der Waals surface area contributed by atoms with E-state index in [1.165, 1.54) is 0 Å². The Balaban J connectivity index is 2.39. The second-order valence-electron chi connectivity index (χ2n) is 3.76. The highest BCUT2D eigenvalue weighted by Gasteiger charge is 2.30. The van der Waals surface area contributed by atoms with Crippen LogP contribution in [0, 0.1) is 21.7 Å². The number of halogens is 2. The number of carbonyl (C=O) groups excluding carboxylic acids is 1. The maximum atomic E-state index is 13.6. The van der Waals surface area contributed by atoms with Gasteiger partial charge in [0, 0.05) is 12.1 Å². The normalized spacial score (nSPS) is 14.5. The van der Waals surface area contributed by atoms with Crippen LogP contribution in [-0.4, -0.2) is 16.9 Å². The Kier molecular flexibility index (Phi) is 2.74. The van der Waals surface area contributed by atoms with E-state index in [2.05, 4.69) is 5.32 Å². The lowest BCUT2D eigenvalue weighted by Crippen LogP contribution is -2.27. The lowest BCUT2D eigenvalue weighted by atomic mass is 10.1. The first kappa shape index (κ1) is 11.4. The van der Waals surface area contributed by atoms with Gasteiger partial charge in [0.25, 0.3) is 5.91 Å². The zero-order chi connectivity index (χ0) is 12.6. The van der Waals surface area contributed by atoms with Gasteiger partial charge in [-0.15, -0.1) is 0 Å². The summed E-state index contributed by atoms with van der Waals surface area (Å²) in [5, 5.41) is 12.8. The van der Waals surface area contributed by atoms with Crippen LogP contribution in [0.4, 0.5) is 14.5 Å². The Morgan fingerprint density at radius 2 is 2.06 bits per heavy atom. The lowest BCUT2D eigenvalue weighted by molar-refractivity contribution is -0.387. The van der Waals surface area contributed by atoms with E-state index in [1.807, 2.05) is 0 Å². The summed E-state index contributed by atoms with van der Waals surface area (Å²) in [4.78, 5) is 21.0. The molecule has 7 heteroatoms. The number of hydrogen-bond donors (Lipinski definition) is 1. The second kappa shape index (κ2) is 4.08. The zero-order valence-electron chi connectivity index (χ0n) is 8.57. The molecule has 0 aromatic heterocycles. The van der Waals surface area contributed by atoms with Gasteiger partial charge in [-0.3, -0.25) is 14.9 Å². The quantitative estimate of drug-likeness (QED) is 0.648. The van der Waals surface area contributed by atoms with Crippen molar-refractivity contribution in [2.45, 2.75) is 18.9 Å². The predicted octanol–water partition coefficient (Wildman–Crippen LogP) is 1.77. The number of nitrogens with zero attached hydrogens (tertiary/aromatic N) is 1. The molecule has 2 rings (SSSR count). The van der Waals surface area contributed by atoms with Crippen molar-refractivity contribution < 1.29 is 18.5 Å². The van der Waals surface area contributed by atoms with E-state index in [1.54, 1.807) is 0 Å². The van der Waals surface area contributed by atoms with Gasteiger partial charge in [0.2, 0.25) is 5.82 Å². The molecular weight excluding hydrogens is 234 g/mol. The van der Waals surface area contributed by atoms with Crippen molar-refractivity contribution >= 4 is 11.6 Å². The van der Waals surface area contributed by atoms with E-state index in [9.17, 15) is 23.7 Å². The Labute approximate surface area is 94.6 Å². The number of rotatable bonds is 3. The second-order valence-corrected chi connectivity index (χ2v) is 3.76. The van der Waals surface area contributed by atoms with E-state index >= 15 is 0 Å². The van der Waals surface area contributed by atoms with Gasteiger partial charge >= 0.3 is 5.69 Å². The van der Waals surface area contributed by atoms with Crippen LogP contribution in [0.15, 0.2) is 12.1 Å². The van der Waals surface area contributed by atoms with Crippen LogP contribution in [0.3, 0.4) is 0 Å². The average Bonchev–Trinajstić information content (AvgIpc) is 3.00. The number of nitro benzene ring substituents is 1. The predicted molar refractivity (Wildman–Crippen MR) is 53.5 cm³/mol. The van der Waals surface area contributed by atoms with E-state index in [4.69, 9.17) is 0 Å². The molecule has 90 valence electrons. The molecule has 1 fully saturated rings. The number of hydrogen-bond acceptors (Lipinski definition) is 3. The van der Waals surface area contributed by atoms with E-state index < -0.39 is 33.7 Å². The van der Waals surface area contributed by atoms with Crippen molar-refractivity contribution in [3.63, 3.8) is 0 Å². The van der Waals surface area contributed by atoms with Gasteiger partial charge in [-0.05, 0) is 18.9 Å². The highest BCUT2D eigenvalue weighted by molar-refractivity contribution is 5.95. The molecule has 17 heavy (non-hydrogen) atoms. The molecule has 1 aromatic rings. The summed E-state index contributed by atoms with van der Waals surface area (Å²) in [5.41, 5.74) is -1.81. The molecule has 0 bridgehead atoms. The van der Waals surface area contributed by atoms with Crippen LogP contribution in [0.1, 0.15) is 23.2 Å². The average molecular weight is 242 g/mol. The molecule has 1 amide bonds. The van der Waals surface area contributed by atoms with Gasteiger partial charge in [0.05, 0.1) is 4.92 Å².